The molecule has 0 atom stereocenters. The molecule has 1 heteroatoms. The second-order valence-corrected chi connectivity index (χ2v) is 4.28. The zero-order chi connectivity index (χ0) is 11.3. The molecule has 0 aromatic carbocycles. The second-order valence-electron chi connectivity index (χ2n) is 4.28. The van der Waals surface area contributed by atoms with Gasteiger partial charge in [0.15, 0.2) is 0 Å². The summed E-state index contributed by atoms with van der Waals surface area (Å²) >= 11 is 0. The summed E-state index contributed by atoms with van der Waals surface area (Å²) in [6, 6.07) is 0. The van der Waals surface area contributed by atoms with Crippen LogP contribution in [0.3, 0.4) is 0 Å². The van der Waals surface area contributed by atoms with E-state index < -0.39 is 0 Å². The van der Waals surface area contributed by atoms with Crippen LogP contribution in [0.1, 0.15) is 51.4 Å². The van der Waals surface area contributed by atoms with E-state index in [1.807, 2.05) is 0 Å². The van der Waals surface area contributed by atoms with Gasteiger partial charge < -0.3 is 0 Å². The van der Waals surface area contributed by atoms with Crippen LogP contribution in [0.4, 0.5) is 0 Å². The van der Waals surface area contributed by atoms with Crippen molar-refractivity contribution in [1.82, 2.24) is 0 Å². The van der Waals surface area contributed by atoms with Crippen LogP contribution in [0.25, 0.3) is 0 Å². The third-order valence-electron chi connectivity index (χ3n) is 2.75. The Hall–Kier alpha value is -0.417. The van der Waals surface area contributed by atoms with Gasteiger partial charge in [-0.3, -0.25) is 0 Å². The predicted molar refractivity (Wildman–Crippen MR) is 73.5 cm³/mol. The van der Waals surface area contributed by atoms with E-state index in [0.29, 0.717) is 0 Å². The van der Waals surface area contributed by atoms with Gasteiger partial charge in [-0.05, 0) is 51.4 Å². The van der Waals surface area contributed by atoms with Crippen molar-refractivity contribution in [3.63, 3.8) is 0 Å². The van der Waals surface area contributed by atoms with Crippen molar-refractivity contribution in [3.8, 4) is 0 Å². The van der Waals surface area contributed by atoms with Gasteiger partial charge in [-0.15, -0.1) is 0 Å². The smallest absolute Gasteiger partial charge is 0.0845 e. The van der Waals surface area contributed by atoms with E-state index in [2.05, 4.69) is 48.6 Å². The number of hydrogen-bond donors (Lipinski definition) is 0. The largest absolute Gasteiger partial charge is 2.00 e. The van der Waals surface area contributed by atoms with Crippen LogP contribution in [0, 0.1) is 0 Å². The molecule has 17 heavy (non-hydrogen) atoms. The van der Waals surface area contributed by atoms with Gasteiger partial charge in [-0.1, -0.05) is 48.6 Å². The summed E-state index contributed by atoms with van der Waals surface area (Å²) in [6.07, 6.45) is 28.0. The molecule has 0 N–H and O–H groups in total. The second kappa shape index (κ2) is 13.6. The summed E-state index contributed by atoms with van der Waals surface area (Å²) < 4.78 is 0. The Morgan fingerprint density at radius 2 is 0.647 bits per heavy atom. The molecule has 95 valence electrons. The van der Waals surface area contributed by atoms with Gasteiger partial charge in [-0.25, -0.2) is 0 Å². The SMILES string of the molecule is C1=C\CCCC\C=C/1.C1=C\CCCC\C=C/1.[Rh+2]. The minimum absolute atomic E-state index is 0. The maximum atomic E-state index is 2.23. The van der Waals surface area contributed by atoms with Gasteiger partial charge in [0.25, 0.3) is 0 Å². The molecule has 0 aliphatic heterocycles. The van der Waals surface area contributed by atoms with Crippen molar-refractivity contribution in [2.75, 3.05) is 0 Å². The van der Waals surface area contributed by atoms with Crippen LogP contribution in [0.15, 0.2) is 48.6 Å². The summed E-state index contributed by atoms with van der Waals surface area (Å²) in [5, 5.41) is 0. The molecule has 0 spiro atoms. The molecular formula is C16H24Rh+2. The standard InChI is InChI=1S/2C8H12.Rh/c2*1-2-4-6-8-7-5-3-1;/h2*1-4H,5-8H2;/q;;+2/b2*3-1-,4-2-;. The average Bonchev–Trinajstić information content (AvgIpc) is 2.15. The number of hydrogen-bond acceptors (Lipinski definition) is 0. The Labute approximate surface area is 119 Å². The zero-order valence-electron chi connectivity index (χ0n) is 10.6. The first-order chi connectivity index (χ1) is 8.00. The molecule has 0 unspecified atom stereocenters. The Morgan fingerprint density at radius 1 is 0.412 bits per heavy atom. The van der Waals surface area contributed by atoms with E-state index in [1.165, 1.54) is 51.4 Å². The third kappa shape index (κ3) is 11.8. The van der Waals surface area contributed by atoms with Crippen molar-refractivity contribution in [3.05, 3.63) is 48.6 Å². The normalized spacial score (nSPS) is 26.4. The monoisotopic (exact) mass is 319 g/mol. The van der Waals surface area contributed by atoms with Crippen LogP contribution >= 0.6 is 0 Å². The van der Waals surface area contributed by atoms with E-state index in [1.54, 1.807) is 0 Å². The molecule has 2 rings (SSSR count). The first-order valence-electron chi connectivity index (χ1n) is 6.63. The van der Waals surface area contributed by atoms with Crippen molar-refractivity contribution >= 4 is 0 Å². The summed E-state index contributed by atoms with van der Waals surface area (Å²) in [4.78, 5) is 0. The van der Waals surface area contributed by atoms with Crippen molar-refractivity contribution in [1.29, 1.82) is 0 Å². The fourth-order valence-electron chi connectivity index (χ4n) is 1.75. The number of rotatable bonds is 0. The zero-order valence-corrected chi connectivity index (χ0v) is 12.2. The fraction of sp³-hybridized carbons (Fsp3) is 0.500. The third-order valence-corrected chi connectivity index (χ3v) is 2.75. The minimum Gasteiger partial charge on any atom is -0.0845 e. The van der Waals surface area contributed by atoms with Crippen LogP contribution in [0.2, 0.25) is 0 Å². The topological polar surface area (TPSA) is 0 Å². The van der Waals surface area contributed by atoms with Crippen LogP contribution in [-0.2, 0) is 19.5 Å². The molecule has 0 bridgehead atoms. The summed E-state index contributed by atoms with van der Waals surface area (Å²) in [7, 11) is 0. The maximum absolute atomic E-state index is 2.23. The van der Waals surface area contributed by atoms with Crippen molar-refractivity contribution < 1.29 is 19.5 Å². The van der Waals surface area contributed by atoms with Crippen LogP contribution < -0.4 is 0 Å². The molecule has 0 fully saturated rings. The Morgan fingerprint density at radius 3 is 0.882 bits per heavy atom. The average molecular weight is 319 g/mol. The first kappa shape index (κ1) is 16.6. The molecule has 1 radical (unpaired) electrons. The molecule has 2 aliphatic carbocycles. The molecule has 2 aliphatic rings. The number of allylic oxidation sites excluding steroid dienone is 8. The van der Waals surface area contributed by atoms with Gasteiger partial charge in [0.05, 0.1) is 0 Å². The van der Waals surface area contributed by atoms with Crippen molar-refractivity contribution in [2.45, 2.75) is 51.4 Å². The molecule has 0 aromatic heterocycles. The van der Waals surface area contributed by atoms with Gasteiger partial charge in [0.1, 0.15) is 0 Å². The van der Waals surface area contributed by atoms with Gasteiger partial charge in [0.2, 0.25) is 0 Å². The predicted octanol–water partition coefficient (Wildman–Crippen LogP) is 5.34. The molecule has 0 amide bonds. The molecule has 0 aromatic rings. The van der Waals surface area contributed by atoms with Gasteiger partial charge >= 0.3 is 19.5 Å². The van der Waals surface area contributed by atoms with Crippen LogP contribution in [0.5, 0.6) is 0 Å². The Balaban J connectivity index is 0.000000284. The summed E-state index contributed by atoms with van der Waals surface area (Å²) in [6.45, 7) is 0. The van der Waals surface area contributed by atoms with E-state index >= 15 is 0 Å². The molecule has 0 nitrogen and oxygen atoms in total. The van der Waals surface area contributed by atoms with Crippen LogP contribution in [-0.4, -0.2) is 0 Å². The molecular weight excluding hydrogens is 295 g/mol. The summed E-state index contributed by atoms with van der Waals surface area (Å²) in [5.74, 6) is 0. The van der Waals surface area contributed by atoms with E-state index in [4.69, 9.17) is 0 Å². The quantitative estimate of drug-likeness (QED) is 0.528. The summed E-state index contributed by atoms with van der Waals surface area (Å²) in [5.41, 5.74) is 0. The van der Waals surface area contributed by atoms with E-state index in [9.17, 15) is 0 Å². The van der Waals surface area contributed by atoms with Gasteiger partial charge in [0, 0.05) is 0 Å². The van der Waals surface area contributed by atoms with E-state index in [-0.39, 0.29) is 19.5 Å². The first-order valence-corrected chi connectivity index (χ1v) is 6.63. The van der Waals surface area contributed by atoms with E-state index in [0.717, 1.165) is 0 Å². The fourth-order valence-corrected chi connectivity index (χ4v) is 1.75. The maximum Gasteiger partial charge on any atom is 2.00 e. The molecule has 0 heterocycles. The Kier molecular flexibility index (Phi) is 13.3. The van der Waals surface area contributed by atoms with Crippen molar-refractivity contribution in [2.24, 2.45) is 0 Å². The minimum atomic E-state index is 0. The van der Waals surface area contributed by atoms with Gasteiger partial charge in [-0.2, -0.15) is 0 Å². The Bertz CT molecular complexity index is 203. The molecule has 0 saturated heterocycles. The molecule has 0 saturated carbocycles.